The van der Waals surface area contributed by atoms with E-state index in [1.165, 1.54) is 12.3 Å². The number of anilines is 2. The average Bonchev–Trinajstić information content (AvgIpc) is 3.45. The molecule has 0 spiro atoms. The van der Waals surface area contributed by atoms with E-state index in [1.807, 2.05) is 19.1 Å². The predicted molar refractivity (Wildman–Crippen MR) is 104 cm³/mol. The van der Waals surface area contributed by atoms with E-state index in [9.17, 15) is 13.6 Å². The molecule has 1 saturated carbocycles. The molecule has 1 amide bonds. The number of carbonyl (C=O) groups excluding carboxylic acids is 1. The summed E-state index contributed by atoms with van der Waals surface area (Å²) in [6, 6.07) is 6.06. The van der Waals surface area contributed by atoms with E-state index in [4.69, 9.17) is 0 Å². The number of rotatable bonds is 2. The molecule has 1 N–H and O–H groups in total. The maximum absolute atomic E-state index is 13.6. The maximum Gasteiger partial charge on any atom is 0.280 e. The van der Waals surface area contributed by atoms with Gasteiger partial charge in [0.15, 0.2) is 0 Å². The monoisotopic (exact) mass is 382 g/mol. The molecule has 1 aliphatic carbocycles. The number of alkyl halides is 2. The highest BCUT2D eigenvalue weighted by atomic mass is 19.3. The fraction of sp³-hybridized carbons (Fsp3) is 0.333. The SMILES string of the molecule is Cc1ccc2c(c1)CCCN2C(=O)c1cnn2c1NC(=C1CC1)C=C2C(F)F. The number of halogens is 2. The number of amides is 1. The Morgan fingerprint density at radius 3 is 2.82 bits per heavy atom. The number of benzene rings is 1. The molecule has 3 heterocycles. The molecule has 1 aromatic heterocycles. The number of aryl methyl sites for hydroxylation is 2. The molecule has 0 saturated heterocycles. The third-order valence-corrected chi connectivity index (χ3v) is 5.49. The van der Waals surface area contributed by atoms with E-state index in [1.54, 1.807) is 4.90 Å². The molecule has 2 aliphatic heterocycles. The number of allylic oxidation sites excluding steroid dienone is 3. The van der Waals surface area contributed by atoms with Crippen molar-refractivity contribution in [1.29, 1.82) is 0 Å². The van der Waals surface area contributed by atoms with Gasteiger partial charge in [-0.15, -0.1) is 0 Å². The van der Waals surface area contributed by atoms with Crippen molar-refractivity contribution >= 4 is 23.1 Å². The number of hydrogen-bond donors (Lipinski definition) is 1. The summed E-state index contributed by atoms with van der Waals surface area (Å²) >= 11 is 0. The fourth-order valence-corrected chi connectivity index (χ4v) is 3.95. The van der Waals surface area contributed by atoms with Gasteiger partial charge in [0.25, 0.3) is 12.3 Å². The maximum atomic E-state index is 13.6. The topological polar surface area (TPSA) is 50.2 Å². The highest BCUT2D eigenvalue weighted by Gasteiger charge is 2.33. The van der Waals surface area contributed by atoms with Crippen molar-refractivity contribution in [3.8, 4) is 0 Å². The molecule has 0 radical (unpaired) electrons. The molecule has 28 heavy (non-hydrogen) atoms. The summed E-state index contributed by atoms with van der Waals surface area (Å²) in [7, 11) is 0. The minimum Gasteiger partial charge on any atom is -0.339 e. The Morgan fingerprint density at radius 1 is 1.25 bits per heavy atom. The van der Waals surface area contributed by atoms with Gasteiger partial charge in [-0.1, -0.05) is 17.7 Å². The fourth-order valence-electron chi connectivity index (χ4n) is 3.95. The normalized spacial score (nSPS) is 17.9. The molecule has 0 bridgehead atoms. The van der Waals surface area contributed by atoms with E-state index < -0.39 is 6.43 Å². The smallest absolute Gasteiger partial charge is 0.280 e. The van der Waals surface area contributed by atoms with Crippen molar-refractivity contribution in [2.75, 3.05) is 16.8 Å². The molecule has 5 nitrogen and oxygen atoms in total. The summed E-state index contributed by atoms with van der Waals surface area (Å²) in [6.45, 7) is 2.63. The molecule has 0 atom stereocenters. The molecule has 5 rings (SSSR count). The molecule has 7 heteroatoms. The largest absolute Gasteiger partial charge is 0.339 e. The van der Waals surface area contributed by atoms with Crippen LogP contribution in [0.25, 0.3) is 5.70 Å². The Labute approximate surface area is 161 Å². The van der Waals surface area contributed by atoms with Crippen molar-refractivity contribution in [3.05, 3.63) is 58.4 Å². The first-order valence-electron chi connectivity index (χ1n) is 9.51. The van der Waals surface area contributed by atoms with Gasteiger partial charge in [0.1, 0.15) is 17.1 Å². The first-order valence-corrected chi connectivity index (χ1v) is 9.51. The van der Waals surface area contributed by atoms with Crippen LogP contribution in [0.2, 0.25) is 0 Å². The standard InChI is InChI=1S/C21H20F2N4O/c1-12-4-7-17-14(9-12)3-2-8-26(17)21(28)15-11-24-27-18(19(22)23)10-16(13-5-6-13)25-20(15)27/h4,7,9-11,19,25H,2-3,5-6,8H2,1H3. The van der Waals surface area contributed by atoms with Gasteiger partial charge >= 0.3 is 0 Å². The Balaban J connectivity index is 1.56. The van der Waals surface area contributed by atoms with Gasteiger partial charge in [0, 0.05) is 17.9 Å². The van der Waals surface area contributed by atoms with Crippen LogP contribution >= 0.6 is 0 Å². The number of fused-ring (bicyclic) bond motifs is 2. The van der Waals surface area contributed by atoms with Crippen LogP contribution < -0.4 is 10.2 Å². The summed E-state index contributed by atoms with van der Waals surface area (Å²) in [5.74, 6) is 0.116. The van der Waals surface area contributed by atoms with Crippen LogP contribution in [0.3, 0.4) is 0 Å². The van der Waals surface area contributed by atoms with Crippen LogP contribution in [-0.2, 0) is 6.42 Å². The van der Waals surface area contributed by atoms with E-state index in [-0.39, 0.29) is 11.6 Å². The molecule has 2 aromatic rings. The van der Waals surface area contributed by atoms with Crippen LogP contribution in [-0.4, -0.2) is 28.7 Å². The Morgan fingerprint density at radius 2 is 2.07 bits per heavy atom. The first-order chi connectivity index (χ1) is 13.5. The summed E-state index contributed by atoms with van der Waals surface area (Å²) in [5, 5.41) is 7.26. The lowest BCUT2D eigenvalue weighted by Gasteiger charge is -2.30. The third-order valence-electron chi connectivity index (χ3n) is 5.49. The molecule has 0 unspecified atom stereocenters. The lowest BCUT2D eigenvalue weighted by molar-refractivity contribution is 0.0986. The molecular formula is C21H20F2N4O. The van der Waals surface area contributed by atoms with Gasteiger partial charge in [0.2, 0.25) is 0 Å². The second-order valence-corrected chi connectivity index (χ2v) is 7.52. The van der Waals surface area contributed by atoms with Crippen molar-refractivity contribution < 1.29 is 13.6 Å². The van der Waals surface area contributed by atoms with Gasteiger partial charge in [-0.2, -0.15) is 5.10 Å². The van der Waals surface area contributed by atoms with E-state index in [0.717, 1.165) is 52.8 Å². The quantitative estimate of drug-likeness (QED) is 0.839. The number of hydrogen-bond acceptors (Lipinski definition) is 3. The van der Waals surface area contributed by atoms with Gasteiger partial charge in [0.05, 0.1) is 6.20 Å². The van der Waals surface area contributed by atoms with Crippen LogP contribution in [0.15, 0.2) is 41.7 Å². The molecule has 144 valence electrons. The van der Waals surface area contributed by atoms with Crippen LogP contribution in [0.4, 0.5) is 20.3 Å². The zero-order valence-electron chi connectivity index (χ0n) is 15.5. The number of nitrogens with one attached hydrogen (secondary N) is 1. The van der Waals surface area contributed by atoms with Crippen LogP contribution in [0.5, 0.6) is 0 Å². The summed E-state index contributed by atoms with van der Waals surface area (Å²) < 4.78 is 28.3. The van der Waals surface area contributed by atoms with Crippen molar-refractivity contribution in [2.45, 2.75) is 39.0 Å². The van der Waals surface area contributed by atoms with E-state index in [2.05, 4.69) is 16.5 Å². The van der Waals surface area contributed by atoms with Crippen LogP contribution in [0, 0.1) is 6.92 Å². The lowest BCUT2D eigenvalue weighted by atomic mass is 9.99. The molecule has 3 aliphatic rings. The Hall–Kier alpha value is -2.96. The number of nitrogens with zero attached hydrogens (tertiary/aromatic N) is 3. The van der Waals surface area contributed by atoms with Gasteiger partial charge in [-0.05, 0) is 55.9 Å². The predicted octanol–water partition coefficient (Wildman–Crippen LogP) is 4.36. The van der Waals surface area contributed by atoms with Crippen molar-refractivity contribution in [2.24, 2.45) is 0 Å². The van der Waals surface area contributed by atoms with Crippen molar-refractivity contribution in [3.63, 3.8) is 0 Å². The minimum atomic E-state index is -2.67. The Bertz CT molecular complexity index is 1040. The zero-order chi connectivity index (χ0) is 19.4. The summed E-state index contributed by atoms with van der Waals surface area (Å²) in [6.07, 6.45) is 3.76. The van der Waals surface area contributed by atoms with E-state index >= 15 is 0 Å². The summed E-state index contributed by atoms with van der Waals surface area (Å²) in [4.78, 5) is 15.1. The van der Waals surface area contributed by atoms with Crippen molar-refractivity contribution in [1.82, 2.24) is 9.78 Å². The summed E-state index contributed by atoms with van der Waals surface area (Å²) in [5.41, 5.74) is 5.08. The first kappa shape index (κ1) is 17.2. The highest BCUT2D eigenvalue weighted by molar-refractivity contribution is 6.10. The molecule has 1 fully saturated rings. The second kappa shape index (κ2) is 6.29. The van der Waals surface area contributed by atoms with Gasteiger partial charge in [-0.3, -0.25) is 4.79 Å². The number of aromatic nitrogens is 2. The van der Waals surface area contributed by atoms with Crippen LogP contribution in [0.1, 0.15) is 40.7 Å². The van der Waals surface area contributed by atoms with Gasteiger partial charge < -0.3 is 10.2 Å². The lowest BCUT2D eigenvalue weighted by Crippen LogP contribution is -2.36. The zero-order valence-corrected chi connectivity index (χ0v) is 15.5. The minimum absolute atomic E-state index is 0.197. The van der Waals surface area contributed by atoms with E-state index in [0.29, 0.717) is 23.6 Å². The highest BCUT2D eigenvalue weighted by Crippen LogP contribution is 2.39. The van der Waals surface area contributed by atoms with Gasteiger partial charge in [-0.25, -0.2) is 13.5 Å². The second-order valence-electron chi connectivity index (χ2n) is 7.52. The third kappa shape index (κ3) is 2.73. The Kier molecular flexibility index (Phi) is 3.86. The molecule has 1 aromatic carbocycles. The number of carbonyl (C=O) groups is 1. The average molecular weight is 382 g/mol. The molecular weight excluding hydrogens is 362 g/mol.